The van der Waals surface area contributed by atoms with Crippen molar-refractivity contribution in [2.24, 2.45) is 5.73 Å². The third kappa shape index (κ3) is 4.88. The molecule has 0 aliphatic rings. The van der Waals surface area contributed by atoms with Gasteiger partial charge in [-0.15, -0.1) is 11.8 Å². The number of rotatable bonds is 5. The summed E-state index contributed by atoms with van der Waals surface area (Å²) < 4.78 is 0. The molecule has 3 N–H and O–H groups in total. The van der Waals surface area contributed by atoms with Gasteiger partial charge in [0.05, 0.1) is 5.54 Å². The van der Waals surface area contributed by atoms with Crippen LogP contribution in [-0.4, -0.2) is 16.4 Å². The average molecular weight is 301 g/mol. The summed E-state index contributed by atoms with van der Waals surface area (Å²) in [5.74, 6) is 0.674. The number of nitrogens with zero attached hydrogens (tertiary/aromatic N) is 1. The maximum absolute atomic E-state index is 11.8. The molecule has 110 valence electrons. The van der Waals surface area contributed by atoms with Crippen LogP contribution < -0.4 is 11.1 Å². The SMILES string of the molecule is CC(C)(N)C(=O)Nc1ccc(SCc2cccnc2)cc1. The lowest BCUT2D eigenvalue weighted by Gasteiger charge is -2.17. The molecule has 0 aliphatic heterocycles. The second-order valence-corrected chi connectivity index (χ2v) is 6.40. The van der Waals surface area contributed by atoms with Crippen molar-refractivity contribution >= 4 is 23.4 Å². The highest BCUT2D eigenvalue weighted by Gasteiger charge is 2.21. The lowest BCUT2D eigenvalue weighted by molar-refractivity contribution is -0.120. The van der Waals surface area contributed by atoms with Crippen molar-refractivity contribution in [3.05, 3.63) is 54.4 Å². The molecule has 21 heavy (non-hydrogen) atoms. The van der Waals surface area contributed by atoms with Crippen LogP contribution in [0.3, 0.4) is 0 Å². The monoisotopic (exact) mass is 301 g/mol. The van der Waals surface area contributed by atoms with E-state index in [1.807, 2.05) is 36.5 Å². The van der Waals surface area contributed by atoms with Gasteiger partial charge >= 0.3 is 0 Å². The summed E-state index contributed by atoms with van der Waals surface area (Å²) in [6.45, 7) is 3.36. The van der Waals surface area contributed by atoms with Crippen LogP contribution in [0.2, 0.25) is 0 Å². The van der Waals surface area contributed by atoms with E-state index in [0.717, 1.165) is 16.3 Å². The van der Waals surface area contributed by atoms with E-state index in [2.05, 4.69) is 16.4 Å². The van der Waals surface area contributed by atoms with Crippen LogP contribution in [0.1, 0.15) is 19.4 Å². The zero-order valence-electron chi connectivity index (χ0n) is 12.2. The smallest absolute Gasteiger partial charge is 0.243 e. The second kappa shape index (κ2) is 6.74. The van der Waals surface area contributed by atoms with Gasteiger partial charge in [0.2, 0.25) is 5.91 Å². The number of hydrogen-bond donors (Lipinski definition) is 2. The van der Waals surface area contributed by atoms with Crippen LogP contribution in [0.5, 0.6) is 0 Å². The Labute approximate surface area is 129 Å². The van der Waals surface area contributed by atoms with Gasteiger partial charge < -0.3 is 11.1 Å². The molecule has 0 saturated carbocycles. The van der Waals surface area contributed by atoms with E-state index in [-0.39, 0.29) is 5.91 Å². The predicted molar refractivity (Wildman–Crippen MR) is 87.1 cm³/mol. The molecule has 0 aliphatic carbocycles. The standard InChI is InChI=1S/C16H19N3OS/c1-16(2,17)15(20)19-13-5-7-14(8-6-13)21-11-12-4-3-9-18-10-12/h3-10H,11,17H2,1-2H3,(H,19,20). The first-order valence-electron chi connectivity index (χ1n) is 6.67. The number of carbonyl (C=O) groups excluding carboxylic acids is 1. The van der Waals surface area contributed by atoms with Crippen molar-refractivity contribution in [1.29, 1.82) is 0 Å². The van der Waals surface area contributed by atoms with Crippen molar-refractivity contribution in [3.63, 3.8) is 0 Å². The van der Waals surface area contributed by atoms with E-state index < -0.39 is 5.54 Å². The minimum atomic E-state index is -0.881. The molecule has 1 aromatic heterocycles. The number of thioether (sulfide) groups is 1. The lowest BCUT2D eigenvalue weighted by Crippen LogP contribution is -2.45. The summed E-state index contributed by atoms with van der Waals surface area (Å²) in [4.78, 5) is 17.0. The topological polar surface area (TPSA) is 68.0 Å². The Morgan fingerprint density at radius 3 is 2.57 bits per heavy atom. The summed E-state index contributed by atoms with van der Waals surface area (Å²) in [5, 5.41) is 2.80. The van der Waals surface area contributed by atoms with Crippen molar-refractivity contribution in [3.8, 4) is 0 Å². The molecule has 0 fully saturated rings. The molecule has 0 atom stereocenters. The van der Waals surface area contributed by atoms with Gasteiger partial charge in [0.1, 0.15) is 0 Å². The fourth-order valence-corrected chi connectivity index (χ4v) is 2.41. The van der Waals surface area contributed by atoms with E-state index in [9.17, 15) is 4.79 Å². The van der Waals surface area contributed by atoms with Crippen LogP contribution in [0, 0.1) is 0 Å². The second-order valence-electron chi connectivity index (χ2n) is 5.35. The number of aromatic nitrogens is 1. The van der Waals surface area contributed by atoms with E-state index in [1.54, 1.807) is 31.8 Å². The summed E-state index contributed by atoms with van der Waals surface area (Å²) in [6.07, 6.45) is 3.63. The highest BCUT2D eigenvalue weighted by atomic mass is 32.2. The molecule has 1 heterocycles. The van der Waals surface area contributed by atoms with E-state index in [0.29, 0.717) is 0 Å². The van der Waals surface area contributed by atoms with Crippen LogP contribution in [0.4, 0.5) is 5.69 Å². The number of nitrogens with two attached hydrogens (primary N) is 1. The summed E-state index contributed by atoms with van der Waals surface area (Å²) >= 11 is 1.73. The number of carbonyl (C=O) groups is 1. The average Bonchev–Trinajstić information content (AvgIpc) is 2.46. The number of pyridine rings is 1. The van der Waals surface area contributed by atoms with Gasteiger partial charge in [-0.2, -0.15) is 0 Å². The first-order valence-corrected chi connectivity index (χ1v) is 7.66. The molecule has 5 heteroatoms. The maximum Gasteiger partial charge on any atom is 0.243 e. The molecular weight excluding hydrogens is 282 g/mol. The first-order chi connectivity index (χ1) is 9.95. The Kier molecular flexibility index (Phi) is 4.98. The number of hydrogen-bond acceptors (Lipinski definition) is 4. The Hall–Kier alpha value is -1.85. The summed E-state index contributed by atoms with van der Waals surface area (Å²) in [6, 6.07) is 11.7. The molecule has 0 spiro atoms. The molecule has 0 unspecified atom stereocenters. The Balaban J connectivity index is 1.92. The molecule has 0 bridgehead atoms. The summed E-state index contributed by atoms with van der Waals surface area (Å²) in [5.41, 5.74) is 6.80. The normalized spacial score (nSPS) is 11.2. The zero-order valence-corrected chi connectivity index (χ0v) is 13.0. The fourth-order valence-electron chi connectivity index (χ4n) is 1.58. The van der Waals surface area contributed by atoms with E-state index in [4.69, 9.17) is 5.73 Å². The number of benzene rings is 1. The third-order valence-corrected chi connectivity index (χ3v) is 3.91. The third-order valence-electron chi connectivity index (χ3n) is 2.83. The van der Waals surface area contributed by atoms with Crippen molar-refractivity contribution in [1.82, 2.24) is 4.98 Å². The summed E-state index contributed by atoms with van der Waals surface area (Å²) in [7, 11) is 0. The molecular formula is C16H19N3OS. The van der Waals surface area contributed by atoms with Crippen molar-refractivity contribution in [2.45, 2.75) is 30.0 Å². The van der Waals surface area contributed by atoms with Gasteiger partial charge in [0, 0.05) is 28.7 Å². The van der Waals surface area contributed by atoms with E-state index >= 15 is 0 Å². The van der Waals surface area contributed by atoms with E-state index in [1.165, 1.54) is 5.56 Å². The Morgan fingerprint density at radius 1 is 1.29 bits per heavy atom. The van der Waals surface area contributed by atoms with Crippen molar-refractivity contribution in [2.75, 3.05) is 5.32 Å². The van der Waals surface area contributed by atoms with Gasteiger partial charge in [-0.1, -0.05) is 6.07 Å². The maximum atomic E-state index is 11.8. The minimum absolute atomic E-state index is 0.196. The predicted octanol–water partition coefficient (Wildman–Crippen LogP) is 3.05. The number of amides is 1. The number of anilines is 1. The lowest BCUT2D eigenvalue weighted by atomic mass is 10.1. The van der Waals surface area contributed by atoms with Gasteiger partial charge in [0.25, 0.3) is 0 Å². The van der Waals surface area contributed by atoms with Crippen LogP contribution in [0.25, 0.3) is 0 Å². The van der Waals surface area contributed by atoms with Gasteiger partial charge in [-0.05, 0) is 49.7 Å². The molecule has 0 saturated heterocycles. The highest BCUT2D eigenvalue weighted by molar-refractivity contribution is 7.98. The molecule has 2 aromatic rings. The van der Waals surface area contributed by atoms with Gasteiger partial charge in [0.15, 0.2) is 0 Å². The molecule has 4 nitrogen and oxygen atoms in total. The van der Waals surface area contributed by atoms with Crippen molar-refractivity contribution < 1.29 is 4.79 Å². The largest absolute Gasteiger partial charge is 0.325 e. The number of nitrogens with one attached hydrogen (secondary N) is 1. The highest BCUT2D eigenvalue weighted by Crippen LogP contribution is 2.24. The van der Waals surface area contributed by atoms with Gasteiger partial charge in [-0.3, -0.25) is 9.78 Å². The molecule has 1 aromatic carbocycles. The minimum Gasteiger partial charge on any atom is -0.325 e. The van der Waals surface area contributed by atoms with Gasteiger partial charge in [-0.25, -0.2) is 0 Å². The Bertz CT molecular complexity index is 591. The van der Waals surface area contributed by atoms with Crippen LogP contribution in [-0.2, 0) is 10.5 Å². The molecule has 0 radical (unpaired) electrons. The first kappa shape index (κ1) is 15.5. The van der Waals surface area contributed by atoms with Crippen LogP contribution in [0.15, 0.2) is 53.7 Å². The molecule has 2 rings (SSSR count). The zero-order chi connectivity index (χ0) is 15.3. The fraction of sp³-hybridized carbons (Fsp3) is 0.250. The molecule has 1 amide bonds. The quantitative estimate of drug-likeness (QED) is 0.833. The Morgan fingerprint density at radius 2 is 2.00 bits per heavy atom. The van der Waals surface area contributed by atoms with Crippen LogP contribution >= 0.6 is 11.8 Å².